The quantitative estimate of drug-likeness (QED) is 0.332. The lowest BCUT2D eigenvalue weighted by atomic mass is 9.85. The van der Waals surface area contributed by atoms with E-state index in [0.29, 0.717) is 34.0 Å². The van der Waals surface area contributed by atoms with Crippen molar-refractivity contribution in [2.45, 2.75) is 38.0 Å². The van der Waals surface area contributed by atoms with Crippen LogP contribution in [-0.2, 0) is 43.7 Å². The Hall–Kier alpha value is -3.63. The van der Waals surface area contributed by atoms with E-state index in [1.807, 2.05) is 6.07 Å². The van der Waals surface area contributed by atoms with Gasteiger partial charge >= 0.3 is 11.9 Å². The molecule has 1 aromatic carbocycles. The van der Waals surface area contributed by atoms with Gasteiger partial charge in [-0.3, -0.25) is 9.59 Å². The topological polar surface area (TPSA) is 132 Å². The molecule has 3 aliphatic rings. The molecule has 35 heavy (non-hydrogen) atoms. The van der Waals surface area contributed by atoms with Crippen LogP contribution in [-0.4, -0.2) is 34.8 Å². The number of nitrogens with zero attached hydrogens (tertiary/aromatic N) is 2. The van der Waals surface area contributed by atoms with Gasteiger partial charge in [0.1, 0.15) is 6.61 Å². The number of fused-ring (bicyclic) bond motifs is 6. The Morgan fingerprint density at radius 2 is 1.97 bits per heavy atom. The van der Waals surface area contributed by atoms with Crippen molar-refractivity contribution in [2.75, 3.05) is 13.3 Å². The van der Waals surface area contributed by atoms with Crippen LogP contribution in [0.2, 0.25) is 0 Å². The van der Waals surface area contributed by atoms with Gasteiger partial charge in [0.2, 0.25) is 12.4 Å². The van der Waals surface area contributed by atoms with E-state index in [1.165, 1.54) is 0 Å². The summed E-state index contributed by atoms with van der Waals surface area (Å²) in [5.74, 6) is -0.135. The van der Waals surface area contributed by atoms with Crippen molar-refractivity contribution < 1.29 is 28.5 Å². The molecule has 2 aromatic heterocycles. The first-order chi connectivity index (χ1) is 16.9. The summed E-state index contributed by atoms with van der Waals surface area (Å²) in [6, 6.07) is 5.32. The number of hydrogen-bond acceptors (Lipinski definition) is 9. The molecule has 0 spiro atoms. The van der Waals surface area contributed by atoms with Crippen LogP contribution in [0.15, 0.2) is 23.0 Å². The maximum atomic E-state index is 13.6. The molecule has 180 valence electrons. The first-order valence-corrected chi connectivity index (χ1v) is 11.6. The lowest BCUT2D eigenvalue weighted by molar-refractivity contribution is -0.188. The number of carbonyl (C=O) groups excluding carboxylic acids is 2. The van der Waals surface area contributed by atoms with Crippen LogP contribution in [0, 0.1) is 0 Å². The number of aromatic nitrogens is 2. The molecule has 3 aliphatic heterocycles. The minimum atomic E-state index is -1.76. The molecule has 5 heterocycles. The van der Waals surface area contributed by atoms with Crippen LogP contribution in [0.25, 0.3) is 22.3 Å². The number of rotatable bonds is 4. The molecule has 6 rings (SSSR count). The van der Waals surface area contributed by atoms with Crippen molar-refractivity contribution in [1.29, 1.82) is 0 Å². The van der Waals surface area contributed by atoms with E-state index < -0.39 is 24.1 Å². The van der Waals surface area contributed by atoms with Gasteiger partial charge in [-0.1, -0.05) is 6.92 Å². The van der Waals surface area contributed by atoms with Gasteiger partial charge in [0.15, 0.2) is 11.5 Å². The maximum Gasteiger partial charge on any atom is 0.355 e. The van der Waals surface area contributed by atoms with E-state index in [-0.39, 0.29) is 43.4 Å². The summed E-state index contributed by atoms with van der Waals surface area (Å²) in [5.41, 5.74) is 7.23. The largest absolute Gasteiger partial charge is 0.457 e. The van der Waals surface area contributed by atoms with E-state index >= 15 is 0 Å². The molecule has 0 saturated carbocycles. The molecular weight excluding hydrogens is 478 g/mol. The van der Waals surface area contributed by atoms with E-state index in [1.54, 1.807) is 23.6 Å². The van der Waals surface area contributed by atoms with Crippen LogP contribution >= 0.6 is 11.6 Å². The first kappa shape index (κ1) is 21.9. The van der Waals surface area contributed by atoms with Crippen LogP contribution < -0.4 is 20.8 Å². The third-order valence-corrected chi connectivity index (χ3v) is 7.12. The average Bonchev–Trinajstić information content (AvgIpc) is 3.47. The number of cyclic esters (lactones) is 1. The predicted octanol–water partition coefficient (Wildman–Crippen LogP) is 2.06. The van der Waals surface area contributed by atoms with Crippen molar-refractivity contribution in [3.63, 3.8) is 0 Å². The minimum Gasteiger partial charge on any atom is -0.457 e. The summed E-state index contributed by atoms with van der Waals surface area (Å²) in [4.78, 5) is 43.5. The predicted molar refractivity (Wildman–Crippen MR) is 123 cm³/mol. The summed E-state index contributed by atoms with van der Waals surface area (Å²) >= 11 is 6.39. The van der Waals surface area contributed by atoms with Crippen LogP contribution in [0.5, 0.6) is 11.5 Å². The standard InChI is InChI=1S/C24H20ClN3O7/c1-2-24(35-20(29)7-26)15-4-17-21-13(8-28(17)22(30)14(15)9-32-23(24)31)12(6-25)11-3-18-19(34-10-33-18)5-16(11)27-21/h3-5H,2,6-10,26H2,1H3/t24-/m0/s1. The molecule has 0 radical (unpaired) electrons. The Morgan fingerprint density at radius 1 is 1.20 bits per heavy atom. The normalized spacial score (nSPS) is 19.2. The SMILES string of the molecule is CC[C@@]1(OC(=O)CN)C(=O)OCc2c1cc1n(c2=O)Cc2c-1nc1cc3c(cc1c2CCl)OCO3. The second-order valence-corrected chi connectivity index (χ2v) is 8.79. The zero-order valence-electron chi connectivity index (χ0n) is 18.7. The van der Waals surface area contributed by atoms with E-state index in [2.05, 4.69) is 0 Å². The van der Waals surface area contributed by atoms with Gasteiger partial charge < -0.3 is 29.2 Å². The van der Waals surface area contributed by atoms with Gasteiger partial charge in [0.25, 0.3) is 5.56 Å². The highest BCUT2D eigenvalue weighted by Crippen LogP contribution is 2.44. The fraction of sp³-hybridized carbons (Fsp3) is 0.333. The monoisotopic (exact) mass is 497 g/mol. The van der Waals surface area contributed by atoms with Gasteiger partial charge in [-0.15, -0.1) is 11.6 Å². The molecule has 0 amide bonds. The summed E-state index contributed by atoms with van der Waals surface area (Å²) < 4.78 is 23.4. The fourth-order valence-corrected chi connectivity index (χ4v) is 5.40. The number of benzene rings is 1. The van der Waals surface area contributed by atoms with Gasteiger partial charge in [0.05, 0.1) is 35.6 Å². The smallest absolute Gasteiger partial charge is 0.355 e. The fourth-order valence-electron chi connectivity index (χ4n) is 5.10. The van der Waals surface area contributed by atoms with Crippen LogP contribution in [0.1, 0.15) is 35.6 Å². The Labute approximate surface area is 203 Å². The Kier molecular flexibility index (Phi) is 4.81. The number of alkyl halides is 1. The lowest BCUT2D eigenvalue weighted by Crippen LogP contribution is -2.48. The van der Waals surface area contributed by atoms with E-state index in [4.69, 9.17) is 41.3 Å². The molecular formula is C24H20ClN3O7. The van der Waals surface area contributed by atoms with Crippen molar-refractivity contribution in [2.24, 2.45) is 5.73 Å². The molecule has 3 aromatic rings. The van der Waals surface area contributed by atoms with Crippen LogP contribution in [0.4, 0.5) is 0 Å². The average molecular weight is 498 g/mol. The highest BCUT2D eigenvalue weighted by molar-refractivity contribution is 6.18. The number of hydrogen-bond donors (Lipinski definition) is 1. The van der Waals surface area contributed by atoms with Crippen molar-refractivity contribution >= 4 is 34.4 Å². The Morgan fingerprint density at radius 3 is 2.69 bits per heavy atom. The van der Waals surface area contributed by atoms with Gasteiger partial charge in [-0.05, 0) is 24.1 Å². The molecule has 0 unspecified atom stereocenters. The zero-order valence-corrected chi connectivity index (χ0v) is 19.4. The molecule has 0 saturated heterocycles. The molecule has 1 atom stereocenters. The third kappa shape index (κ3) is 2.93. The number of nitrogens with two attached hydrogens (primary N) is 1. The van der Waals surface area contributed by atoms with Crippen molar-refractivity contribution in [3.05, 3.63) is 50.8 Å². The molecule has 2 N–H and O–H groups in total. The van der Waals surface area contributed by atoms with Gasteiger partial charge in [-0.25, -0.2) is 9.78 Å². The molecule has 10 nitrogen and oxygen atoms in total. The Bertz CT molecular complexity index is 1520. The van der Waals surface area contributed by atoms with Crippen LogP contribution in [0.3, 0.4) is 0 Å². The first-order valence-electron chi connectivity index (χ1n) is 11.1. The van der Waals surface area contributed by atoms with Gasteiger partial charge in [0, 0.05) is 28.5 Å². The number of halogens is 1. The molecule has 0 fully saturated rings. The molecule has 11 heteroatoms. The highest BCUT2D eigenvalue weighted by Gasteiger charge is 2.50. The highest BCUT2D eigenvalue weighted by atomic mass is 35.5. The minimum absolute atomic E-state index is 0.0713. The second-order valence-electron chi connectivity index (χ2n) is 8.52. The molecule has 0 bridgehead atoms. The van der Waals surface area contributed by atoms with Crippen molar-refractivity contribution in [1.82, 2.24) is 9.55 Å². The van der Waals surface area contributed by atoms with Crippen molar-refractivity contribution in [3.8, 4) is 22.9 Å². The summed E-state index contributed by atoms with van der Waals surface area (Å²) in [5, 5.41) is 0.812. The van der Waals surface area contributed by atoms with E-state index in [9.17, 15) is 14.4 Å². The molecule has 0 aliphatic carbocycles. The zero-order chi connectivity index (χ0) is 24.5. The van der Waals surface area contributed by atoms with E-state index in [0.717, 1.165) is 16.5 Å². The summed E-state index contributed by atoms with van der Waals surface area (Å²) in [6.45, 7) is 1.43. The Balaban J connectivity index is 1.61. The second kappa shape index (κ2) is 7.69. The number of pyridine rings is 2. The number of ether oxygens (including phenoxy) is 4. The van der Waals surface area contributed by atoms with Gasteiger partial charge in [-0.2, -0.15) is 0 Å². The third-order valence-electron chi connectivity index (χ3n) is 6.86. The summed E-state index contributed by atoms with van der Waals surface area (Å²) in [6.07, 6.45) is 0.0713. The number of esters is 2. The maximum absolute atomic E-state index is 13.6. The number of carbonyl (C=O) groups is 2. The lowest BCUT2D eigenvalue weighted by Gasteiger charge is -2.35. The summed E-state index contributed by atoms with van der Waals surface area (Å²) in [7, 11) is 0.